The first-order valence-electron chi connectivity index (χ1n) is 10.2. The lowest BCUT2D eigenvalue weighted by Gasteiger charge is -2.12. The highest BCUT2D eigenvalue weighted by Gasteiger charge is 2.15. The summed E-state index contributed by atoms with van der Waals surface area (Å²) in [7, 11) is -3.96. The van der Waals surface area contributed by atoms with Gasteiger partial charge in [0.2, 0.25) is 10.0 Å². The summed E-state index contributed by atoms with van der Waals surface area (Å²) in [5.41, 5.74) is 1.05. The molecular formula is C23H27NO7S. The van der Waals surface area contributed by atoms with Gasteiger partial charge in [-0.3, -0.25) is 9.59 Å². The largest absolute Gasteiger partial charge is 0.490 e. The minimum atomic E-state index is -3.96. The van der Waals surface area contributed by atoms with Crippen LogP contribution in [0.15, 0.2) is 53.4 Å². The van der Waals surface area contributed by atoms with E-state index in [4.69, 9.17) is 14.6 Å². The highest BCUT2D eigenvalue weighted by atomic mass is 32.2. The van der Waals surface area contributed by atoms with Crippen LogP contribution in [0.4, 0.5) is 0 Å². The molecule has 8 nitrogen and oxygen atoms in total. The standard InChI is InChI=1S/C23H27NO7S/c1-3-5-14-31-21-13-7-17(15-22(21)30-4-2)6-12-20(25)18-8-10-19(11-9-18)32(28,29)24-16-23(26)27/h6-13,15,24H,3-5,14,16H2,1-2H3,(H,26,27)/b12-6+. The first-order valence-corrected chi connectivity index (χ1v) is 11.7. The zero-order valence-corrected chi connectivity index (χ0v) is 18.9. The Kier molecular flexibility index (Phi) is 9.42. The number of carboxylic acid groups (broad SMARTS) is 1. The molecule has 0 aromatic heterocycles. The van der Waals surface area contributed by atoms with Crippen molar-refractivity contribution in [3.63, 3.8) is 0 Å². The number of nitrogens with one attached hydrogen (secondary N) is 1. The van der Waals surface area contributed by atoms with Crippen molar-refractivity contribution in [3.8, 4) is 11.5 Å². The molecule has 0 aliphatic rings. The summed E-state index contributed by atoms with van der Waals surface area (Å²) in [5, 5.41) is 8.61. The van der Waals surface area contributed by atoms with Crippen molar-refractivity contribution in [3.05, 3.63) is 59.7 Å². The van der Waals surface area contributed by atoms with Crippen LogP contribution in [0.25, 0.3) is 6.08 Å². The topological polar surface area (TPSA) is 119 Å². The van der Waals surface area contributed by atoms with Gasteiger partial charge in [0.1, 0.15) is 6.54 Å². The minimum Gasteiger partial charge on any atom is -0.490 e. The lowest BCUT2D eigenvalue weighted by molar-refractivity contribution is -0.135. The third-order valence-electron chi connectivity index (χ3n) is 4.31. The molecule has 172 valence electrons. The number of allylic oxidation sites excluding steroid dienone is 1. The Bertz CT molecular complexity index is 1060. The minimum absolute atomic E-state index is 0.126. The van der Waals surface area contributed by atoms with E-state index in [0.29, 0.717) is 30.3 Å². The third-order valence-corrected chi connectivity index (χ3v) is 5.73. The molecule has 9 heteroatoms. The van der Waals surface area contributed by atoms with Crippen molar-refractivity contribution >= 4 is 27.9 Å². The first kappa shape index (κ1) is 25.1. The van der Waals surface area contributed by atoms with E-state index in [0.717, 1.165) is 18.4 Å². The number of carbonyl (C=O) groups excluding carboxylic acids is 1. The molecule has 0 spiro atoms. The molecule has 32 heavy (non-hydrogen) atoms. The van der Waals surface area contributed by atoms with Crippen molar-refractivity contribution in [2.75, 3.05) is 19.8 Å². The number of carboxylic acids is 1. The summed E-state index contributed by atoms with van der Waals surface area (Å²) in [5.74, 6) is -0.356. The zero-order chi connectivity index (χ0) is 23.6. The van der Waals surface area contributed by atoms with Crippen molar-refractivity contribution < 1.29 is 32.6 Å². The van der Waals surface area contributed by atoms with E-state index in [2.05, 4.69) is 6.92 Å². The molecule has 0 heterocycles. The molecule has 2 N–H and O–H groups in total. The van der Waals surface area contributed by atoms with Crippen molar-refractivity contribution in [2.45, 2.75) is 31.6 Å². The molecule has 0 aliphatic heterocycles. The van der Waals surface area contributed by atoms with Crippen LogP contribution in [0, 0.1) is 0 Å². The second-order valence-corrected chi connectivity index (χ2v) is 8.55. The zero-order valence-electron chi connectivity index (χ0n) is 18.0. The lowest BCUT2D eigenvalue weighted by atomic mass is 10.1. The fourth-order valence-electron chi connectivity index (χ4n) is 2.65. The molecule has 0 fully saturated rings. The van der Waals surface area contributed by atoms with Gasteiger partial charge in [-0.05, 0) is 61.4 Å². The van der Waals surface area contributed by atoms with Gasteiger partial charge >= 0.3 is 5.97 Å². The van der Waals surface area contributed by atoms with Crippen LogP contribution in [0.5, 0.6) is 11.5 Å². The molecule has 2 aromatic rings. The Morgan fingerprint density at radius 1 is 1.03 bits per heavy atom. The maximum absolute atomic E-state index is 12.5. The number of benzene rings is 2. The molecular weight excluding hydrogens is 434 g/mol. The average Bonchev–Trinajstić information content (AvgIpc) is 2.78. The lowest BCUT2D eigenvalue weighted by Crippen LogP contribution is -2.29. The second-order valence-electron chi connectivity index (χ2n) is 6.78. The van der Waals surface area contributed by atoms with Crippen LogP contribution in [0.2, 0.25) is 0 Å². The highest BCUT2D eigenvalue weighted by molar-refractivity contribution is 7.89. The number of carbonyl (C=O) groups is 2. The smallest absolute Gasteiger partial charge is 0.318 e. The highest BCUT2D eigenvalue weighted by Crippen LogP contribution is 2.29. The Morgan fingerprint density at radius 2 is 1.75 bits per heavy atom. The van der Waals surface area contributed by atoms with Crippen LogP contribution >= 0.6 is 0 Å². The van der Waals surface area contributed by atoms with E-state index in [1.165, 1.54) is 30.3 Å². The normalized spacial score (nSPS) is 11.4. The summed E-state index contributed by atoms with van der Waals surface area (Å²) in [6.07, 6.45) is 4.99. The molecule has 0 aliphatic carbocycles. The van der Waals surface area contributed by atoms with Gasteiger partial charge in [0.25, 0.3) is 0 Å². The van der Waals surface area contributed by atoms with Gasteiger partial charge in [-0.15, -0.1) is 0 Å². The summed E-state index contributed by atoms with van der Waals surface area (Å²) in [4.78, 5) is 22.9. The Labute approximate surface area is 187 Å². The Hall–Kier alpha value is -3.17. The fraction of sp³-hybridized carbons (Fsp3) is 0.304. The van der Waals surface area contributed by atoms with Gasteiger partial charge in [-0.2, -0.15) is 4.72 Å². The van der Waals surface area contributed by atoms with Crippen LogP contribution in [0.3, 0.4) is 0 Å². The van der Waals surface area contributed by atoms with Gasteiger partial charge in [0, 0.05) is 5.56 Å². The SMILES string of the molecule is CCCCOc1ccc(/C=C/C(=O)c2ccc(S(=O)(=O)NCC(=O)O)cc2)cc1OCC. The number of ketones is 1. The Balaban J connectivity index is 2.10. The molecule has 0 unspecified atom stereocenters. The maximum atomic E-state index is 12.5. The fourth-order valence-corrected chi connectivity index (χ4v) is 3.62. The molecule has 0 radical (unpaired) electrons. The Morgan fingerprint density at radius 3 is 2.38 bits per heavy atom. The van der Waals surface area contributed by atoms with Crippen molar-refractivity contribution in [2.24, 2.45) is 0 Å². The number of hydrogen-bond acceptors (Lipinski definition) is 6. The predicted molar refractivity (Wildman–Crippen MR) is 121 cm³/mol. The number of rotatable bonds is 13. The van der Waals surface area contributed by atoms with E-state index in [-0.39, 0.29) is 10.7 Å². The summed E-state index contributed by atoms with van der Waals surface area (Å²) in [6, 6.07) is 10.7. The van der Waals surface area contributed by atoms with Crippen LogP contribution in [-0.4, -0.2) is 45.0 Å². The maximum Gasteiger partial charge on any atom is 0.318 e. The molecule has 0 atom stereocenters. The molecule has 2 aromatic carbocycles. The molecule has 0 saturated carbocycles. The summed E-state index contributed by atoms with van der Waals surface area (Å²) < 4.78 is 37.4. The number of unbranched alkanes of at least 4 members (excludes halogenated alkanes) is 1. The van der Waals surface area contributed by atoms with E-state index >= 15 is 0 Å². The summed E-state index contributed by atoms with van der Waals surface area (Å²) >= 11 is 0. The van der Waals surface area contributed by atoms with Crippen molar-refractivity contribution in [1.29, 1.82) is 0 Å². The van der Waals surface area contributed by atoms with Gasteiger partial charge in [-0.25, -0.2) is 8.42 Å². The van der Waals surface area contributed by atoms with Gasteiger partial charge in [0.05, 0.1) is 18.1 Å². The first-order chi connectivity index (χ1) is 15.3. The molecule has 0 amide bonds. The van der Waals surface area contributed by atoms with E-state index in [1.807, 2.05) is 17.7 Å². The molecule has 0 saturated heterocycles. The summed E-state index contributed by atoms with van der Waals surface area (Å²) in [6.45, 7) is 4.32. The van der Waals surface area contributed by atoms with Gasteiger partial charge in [0.15, 0.2) is 17.3 Å². The number of ether oxygens (including phenoxy) is 2. The van der Waals surface area contributed by atoms with Gasteiger partial charge < -0.3 is 14.6 Å². The van der Waals surface area contributed by atoms with E-state index in [1.54, 1.807) is 18.2 Å². The molecule has 0 bridgehead atoms. The van der Waals surface area contributed by atoms with Crippen LogP contribution in [-0.2, 0) is 14.8 Å². The van der Waals surface area contributed by atoms with Crippen molar-refractivity contribution in [1.82, 2.24) is 4.72 Å². The number of hydrogen-bond donors (Lipinski definition) is 2. The third kappa shape index (κ3) is 7.51. The monoisotopic (exact) mass is 461 g/mol. The van der Waals surface area contributed by atoms with Crippen LogP contribution < -0.4 is 14.2 Å². The average molecular weight is 462 g/mol. The van der Waals surface area contributed by atoms with Gasteiger partial charge in [-0.1, -0.05) is 25.5 Å². The van der Waals surface area contributed by atoms with E-state index < -0.39 is 22.5 Å². The quantitative estimate of drug-likeness (QED) is 0.266. The second kappa shape index (κ2) is 12.0. The number of sulfonamides is 1. The number of aliphatic carboxylic acids is 1. The van der Waals surface area contributed by atoms with Crippen LogP contribution in [0.1, 0.15) is 42.6 Å². The molecule has 2 rings (SSSR count). The van der Waals surface area contributed by atoms with E-state index in [9.17, 15) is 18.0 Å². The predicted octanol–water partition coefficient (Wildman–Crippen LogP) is 3.52.